The largest absolute Gasteiger partial charge is 0.309 e. The van der Waals surface area contributed by atoms with E-state index in [4.69, 9.17) is 15.0 Å². The second kappa shape index (κ2) is 9.18. The molecule has 9 aromatic rings. The third-order valence-corrected chi connectivity index (χ3v) is 9.17. The van der Waals surface area contributed by atoms with E-state index < -0.39 is 0 Å². The maximum absolute atomic E-state index is 5.05. The van der Waals surface area contributed by atoms with E-state index in [1.54, 1.807) is 0 Å². The van der Waals surface area contributed by atoms with Gasteiger partial charge in [0.05, 0.1) is 16.7 Å². The number of nitrogens with zero attached hydrogens (tertiary/aromatic N) is 4. The van der Waals surface area contributed by atoms with Crippen molar-refractivity contribution in [2.75, 3.05) is 0 Å². The predicted octanol–water partition coefficient (Wildman–Crippen LogP) is 10.3. The Morgan fingerprint density at radius 1 is 0.356 bits per heavy atom. The van der Waals surface area contributed by atoms with Crippen LogP contribution in [0.2, 0.25) is 0 Å². The van der Waals surface area contributed by atoms with E-state index in [0.717, 1.165) is 33.2 Å². The fourth-order valence-electron chi connectivity index (χ4n) is 7.24. The molecule has 0 atom stereocenters. The monoisotopic (exact) mass is 572 g/mol. The van der Waals surface area contributed by atoms with Gasteiger partial charge in [0.1, 0.15) is 0 Å². The molecule has 0 N–H and O–H groups in total. The number of benzene rings is 7. The smallest absolute Gasteiger partial charge is 0.164 e. The SMILES string of the molecule is c1ccc(-c2nc(-c3ccccc3)nc(-c3ccc(-n4c5cccc6c5c5c7c-6cccc7ccc54)c4ccccc34)n2)cc1. The first-order valence-corrected chi connectivity index (χ1v) is 15.2. The van der Waals surface area contributed by atoms with E-state index in [9.17, 15) is 0 Å². The number of rotatable bonds is 4. The van der Waals surface area contributed by atoms with Gasteiger partial charge < -0.3 is 4.57 Å². The molecule has 0 radical (unpaired) electrons. The first-order valence-electron chi connectivity index (χ1n) is 15.2. The van der Waals surface area contributed by atoms with Gasteiger partial charge in [0.25, 0.3) is 0 Å². The first kappa shape index (κ1) is 24.3. The van der Waals surface area contributed by atoms with Crippen molar-refractivity contribution in [2.24, 2.45) is 0 Å². The van der Waals surface area contributed by atoms with Gasteiger partial charge in [0.2, 0.25) is 0 Å². The quantitative estimate of drug-likeness (QED) is 0.211. The highest BCUT2D eigenvalue weighted by atomic mass is 15.0. The van der Waals surface area contributed by atoms with Crippen LogP contribution in [0.3, 0.4) is 0 Å². The third-order valence-electron chi connectivity index (χ3n) is 9.17. The highest BCUT2D eigenvalue weighted by Crippen LogP contribution is 2.50. The first-order chi connectivity index (χ1) is 22.3. The predicted molar refractivity (Wildman–Crippen MR) is 184 cm³/mol. The second-order valence-electron chi connectivity index (χ2n) is 11.6. The molecule has 0 amide bonds. The summed E-state index contributed by atoms with van der Waals surface area (Å²) in [5, 5.41) is 7.57. The molecule has 0 saturated heterocycles. The number of hydrogen-bond donors (Lipinski definition) is 0. The molecule has 4 heteroatoms. The van der Waals surface area contributed by atoms with Crippen LogP contribution in [-0.4, -0.2) is 19.5 Å². The number of fused-ring (bicyclic) bond motifs is 2. The molecule has 2 heterocycles. The maximum Gasteiger partial charge on any atom is 0.164 e. The molecule has 0 bridgehead atoms. The van der Waals surface area contributed by atoms with Crippen LogP contribution in [0.5, 0.6) is 0 Å². The Balaban J connectivity index is 1.24. The summed E-state index contributed by atoms with van der Waals surface area (Å²) < 4.78 is 2.44. The van der Waals surface area contributed by atoms with Gasteiger partial charge in [0.15, 0.2) is 17.5 Å². The van der Waals surface area contributed by atoms with E-state index in [2.05, 4.69) is 89.5 Å². The van der Waals surface area contributed by atoms with Crippen LogP contribution in [0.15, 0.2) is 146 Å². The van der Waals surface area contributed by atoms with Crippen LogP contribution < -0.4 is 0 Å². The van der Waals surface area contributed by atoms with Crippen LogP contribution in [-0.2, 0) is 0 Å². The molecule has 0 saturated carbocycles. The average molecular weight is 573 g/mol. The van der Waals surface area contributed by atoms with E-state index in [-0.39, 0.29) is 0 Å². The molecule has 1 aliphatic carbocycles. The number of hydrogen-bond acceptors (Lipinski definition) is 3. The van der Waals surface area contributed by atoms with Gasteiger partial charge in [-0.15, -0.1) is 0 Å². The lowest BCUT2D eigenvalue weighted by molar-refractivity contribution is 1.08. The summed E-state index contributed by atoms with van der Waals surface area (Å²) in [4.78, 5) is 15.0. The summed E-state index contributed by atoms with van der Waals surface area (Å²) in [6, 6.07) is 51.2. The third kappa shape index (κ3) is 3.45. The molecule has 0 unspecified atom stereocenters. The molecule has 10 rings (SSSR count). The zero-order valence-electron chi connectivity index (χ0n) is 24.1. The van der Waals surface area contributed by atoms with E-state index in [0.29, 0.717) is 17.5 Å². The zero-order chi connectivity index (χ0) is 29.5. The molecule has 0 fully saturated rings. The second-order valence-corrected chi connectivity index (χ2v) is 11.6. The van der Waals surface area contributed by atoms with Crippen LogP contribution in [0, 0.1) is 0 Å². The van der Waals surface area contributed by atoms with Crippen molar-refractivity contribution in [1.29, 1.82) is 0 Å². The van der Waals surface area contributed by atoms with Crippen molar-refractivity contribution in [3.8, 4) is 51.0 Å². The van der Waals surface area contributed by atoms with E-state index in [1.165, 1.54) is 43.7 Å². The Hall–Kier alpha value is -6.13. The molecule has 7 aromatic carbocycles. The summed E-state index contributed by atoms with van der Waals surface area (Å²) in [5.74, 6) is 1.98. The van der Waals surface area contributed by atoms with E-state index >= 15 is 0 Å². The Kier molecular flexibility index (Phi) is 4.96. The Morgan fingerprint density at radius 2 is 0.956 bits per heavy atom. The van der Waals surface area contributed by atoms with Gasteiger partial charge in [-0.25, -0.2) is 15.0 Å². The van der Waals surface area contributed by atoms with Crippen LogP contribution in [0.1, 0.15) is 0 Å². The van der Waals surface area contributed by atoms with Crippen molar-refractivity contribution < 1.29 is 0 Å². The van der Waals surface area contributed by atoms with Gasteiger partial charge in [0, 0.05) is 32.8 Å². The van der Waals surface area contributed by atoms with Gasteiger partial charge in [-0.1, -0.05) is 121 Å². The average Bonchev–Trinajstić information content (AvgIpc) is 3.64. The van der Waals surface area contributed by atoms with Crippen molar-refractivity contribution in [1.82, 2.24) is 19.5 Å². The molecule has 1 aliphatic rings. The molecule has 208 valence electrons. The lowest BCUT2D eigenvalue weighted by Gasteiger charge is -2.16. The Bertz CT molecular complexity index is 2580. The van der Waals surface area contributed by atoms with Crippen LogP contribution >= 0.6 is 0 Å². The van der Waals surface area contributed by atoms with Gasteiger partial charge >= 0.3 is 0 Å². The standard InChI is InChI=1S/C41H24N4/c1-3-11-26(12-4-1)39-42-40(27-13-5-2-6-14-27)44-41(43-39)32-22-24-33(29-17-8-7-16-28(29)32)45-34-20-10-19-31-30-18-9-15-25-21-23-35(45)38(36(25)30)37(31)34/h1-24H. The summed E-state index contributed by atoms with van der Waals surface area (Å²) in [6.45, 7) is 0. The lowest BCUT2D eigenvalue weighted by atomic mass is 10.0. The lowest BCUT2D eigenvalue weighted by Crippen LogP contribution is -2.01. The van der Waals surface area contributed by atoms with Crippen molar-refractivity contribution in [3.05, 3.63) is 146 Å². The molecule has 0 aliphatic heterocycles. The zero-order valence-corrected chi connectivity index (χ0v) is 24.1. The van der Waals surface area contributed by atoms with E-state index in [1.807, 2.05) is 60.7 Å². The van der Waals surface area contributed by atoms with Crippen LogP contribution in [0.4, 0.5) is 0 Å². The summed E-state index contributed by atoms with van der Waals surface area (Å²) in [6.07, 6.45) is 0. The van der Waals surface area contributed by atoms with Crippen molar-refractivity contribution in [3.63, 3.8) is 0 Å². The fourth-order valence-corrected chi connectivity index (χ4v) is 7.24. The Labute approximate surface area is 258 Å². The minimum Gasteiger partial charge on any atom is -0.309 e. The normalized spacial score (nSPS) is 12.0. The molecular weight excluding hydrogens is 548 g/mol. The molecule has 0 spiro atoms. The van der Waals surface area contributed by atoms with Gasteiger partial charge in [-0.3, -0.25) is 0 Å². The summed E-state index contributed by atoms with van der Waals surface area (Å²) >= 11 is 0. The topological polar surface area (TPSA) is 43.6 Å². The molecule has 45 heavy (non-hydrogen) atoms. The minimum absolute atomic E-state index is 0.659. The van der Waals surface area contributed by atoms with Gasteiger partial charge in [-0.05, 0) is 51.6 Å². The highest BCUT2D eigenvalue weighted by Gasteiger charge is 2.25. The fraction of sp³-hybridized carbons (Fsp3) is 0. The molecular formula is C41H24N4. The summed E-state index contributed by atoms with van der Waals surface area (Å²) in [5.41, 5.74) is 9.14. The molecule has 4 nitrogen and oxygen atoms in total. The summed E-state index contributed by atoms with van der Waals surface area (Å²) in [7, 11) is 0. The van der Waals surface area contributed by atoms with Crippen molar-refractivity contribution >= 4 is 43.4 Å². The highest BCUT2D eigenvalue weighted by molar-refractivity contribution is 6.33. The van der Waals surface area contributed by atoms with Gasteiger partial charge in [-0.2, -0.15) is 0 Å². The Morgan fingerprint density at radius 3 is 1.69 bits per heavy atom. The minimum atomic E-state index is 0.659. The number of aromatic nitrogens is 4. The maximum atomic E-state index is 5.05. The van der Waals surface area contributed by atoms with Crippen LogP contribution in [0.25, 0.3) is 94.3 Å². The van der Waals surface area contributed by atoms with Crippen molar-refractivity contribution in [2.45, 2.75) is 0 Å². The molecule has 2 aromatic heterocycles.